The Hall–Kier alpha value is -3.42. The zero-order chi connectivity index (χ0) is 22.5. The molecule has 3 rings (SSSR count). The van der Waals surface area contributed by atoms with E-state index >= 15 is 0 Å². The maximum atomic E-state index is 11.9. The molecule has 0 saturated heterocycles. The smallest absolute Gasteiger partial charge is 0.271 e. The lowest BCUT2D eigenvalue weighted by atomic mass is 9.90. The van der Waals surface area contributed by atoms with Crippen molar-refractivity contribution in [2.24, 2.45) is 5.73 Å². The van der Waals surface area contributed by atoms with Gasteiger partial charge in [-0.2, -0.15) is 0 Å². The number of aryl methyl sites for hydroxylation is 2. The summed E-state index contributed by atoms with van der Waals surface area (Å²) in [5, 5.41) is 6.18. The zero-order valence-corrected chi connectivity index (χ0v) is 18.3. The van der Waals surface area contributed by atoms with Crippen molar-refractivity contribution in [2.75, 3.05) is 17.3 Å². The van der Waals surface area contributed by atoms with Crippen LogP contribution in [0.15, 0.2) is 37.1 Å². The van der Waals surface area contributed by atoms with Gasteiger partial charge in [0.2, 0.25) is 5.91 Å². The number of anilines is 3. The Morgan fingerprint density at radius 3 is 2.71 bits per heavy atom. The lowest BCUT2D eigenvalue weighted by Gasteiger charge is -2.36. The highest BCUT2D eigenvalue weighted by molar-refractivity contribution is 5.96. The molecule has 2 aromatic rings. The van der Waals surface area contributed by atoms with Crippen molar-refractivity contribution in [1.82, 2.24) is 15.3 Å². The van der Waals surface area contributed by atoms with Gasteiger partial charge in [-0.1, -0.05) is 12.6 Å². The maximum Gasteiger partial charge on any atom is 0.271 e. The van der Waals surface area contributed by atoms with Gasteiger partial charge in [-0.25, -0.2) is 9.97 Å². The largest absolute Gasteiger partial charge is 0.364 e. The number of hydrogen-bond donors (Lipinski definition) is 3. The van der Waals surface area contributed by atoms with Crippen LogP contribution in [0.1, 0.15) is 47.3 Å². The summed E-state index contributed by atoms with van der Waals surface area (Å²) in [6, 6.07) is 6.21. The van der Waals surface area contributed by atoms with Gasteiger partial charge in [0.15, 0.2) is 11.5 Å². The predicted octanol–water partition coefficient (Wildman–Crippen LogP) is 2.99. The SMILES string of the molecule is C=CC(=O)NC1CCC[C@@H](N(C)c2cnc(C(N)=O)c(Nc3ccc(C)c(C)c3)n2)C1. The third-order valence-electron chi connectivity index (χ3n) is 5.85. The summed E-state index contributed by atoms with van der Waals surface area (Å²) in [5.74, 6) is 0.168. The van der Waals surface area contributed by atoms with Crippen molar-refractivity contribution in [1.29, 1.82) is 0 Å². The molecule has 31 heavy (non-hydrogen) atoms. The van der Waals surface area contributed by atoms with E-state index in [4.69, 9.17) is 5.73 Å². The zero-order valence-electron chi connectivity index (χ0n) is 18.3. The summed E-state index contributed by atoms with van der Waals surface area (Å²) in [6.07, 6.45) is 6.59. The van der Waals surface area contributed by atoms with Crippen LogP contribution in [0.2, 0.25) is 0 Å². The minimum Gasteiger partial charge on any atom is -0.364 e. The molecule has 8 nitrogen and oxygen atoms in total. The molecule has 1 unspecified atom stereocenters. The molecule has 4 N–H and O–H groups in total. The molecule has 0 radical (unpaired) electrons. The Balaban J connectivity index is 1.83. The average molecular weight is 423 g/mol. The highest BCUT2D eigenvalue weighted by Crippen LogP contribution is 2.28. The first-order chi connectivity index (χ1) is 14.8. The van der Waals surface area contributed by atoms with Crippen LogP contribution >= 0.6 is 0 Å². The Kier molecular flexibility index (Phi) is 6.89. The van der Waals surface area contributed by atoms with Gasteiger partial charge in [0.05, 0.1) is 6.20 Å². The molecule has 0 spiro atoms. The molecule has 1 aromatic heterocycles. The summed E-state index contributed by atoms with van der Waals surface area (Å²) in [7, 11) is 1.95. The number of nitrogens with zero attached hydrogens (tertiary/aromatic N) is 3. The van der Waals surface area contributed by atoms with E-state index in [9.17, 15) is 9.59 Å². The number of aromatic nitrogens is 2. The number of primary amides is 1. The molecule has 1 saturated carbocycles. The van der Waals surface area contributed by atoms with E-state index in [2.05, 4.69) is 32.1 Å². The van der Waals surface area contributed by atoms with Crippen LogP contribution < -0.4 is 21.3 Å². The fourth-order valence-corrected chi connectivity index (χ4v) is 3.87. The second-order valence-electron chi connectivity index (χ2n) is 8.05. The average Bonchev–Trinajstić information content (AvgIpc) is 2.75. The van der Waals surface area contributed by atoms with Crippen LogP contribution in [0.3, 0.4) is 0 Å². The topological polar surface area (TPSA) is 113 Å². The van der Waals surface area contributed by atoms with Crippen molar-refractivity contribution in [2.45, 2.75) is 51.6 Å². The van der Waals surface area contributed by atoms with Gasteiger partial charge in [0.1, 0.15) is 5.82 Å². The normalized spacial score (nSPS) is 18.2. The van der Waals surface area contributed by atoms with E-state index < -0.39 is 5.91 Å². The molecule has 0 aliphatic heterocycles. The summed E-state index contributed by atoms with van der Waals surface area (Å²) in [4.78, 5) is 34.6. The molecule has 0 bridgehead atoms. The van der Waals surface area contributed by atoms with E-state index in [1.165, 1.54) is 11.6 Å². The number of carbonyl (C=O) groups excluding carboxylic acids is 2. The predicted molar refractivity (Wildman–Crippen MR) is 123 cm³/mol. The van der Waals surface area contributed by atoms with Crippen LogP contribution in [0.25, 0.3) is 0 Å². The van der Waals surface area contributed by atoms with Gasteiger partial charge in [-0.05, 0) is 68.9 Å². The molecule has 1 fully saturated rings. The lowest BCUT2D eigenvalue weighted by molar-refractivity contribution is -0.117. The van der Waals surface area contributed by atoms with E-state index in [0.717, 1.165) is 36.9 Å². The molecule has 1 aromatic carbocycles. The van der Waals surface area contributed by atoms with Gasteiger partial charge >= 0.3 is 0 Å². The van der Waals surface area contributed by atoms with Crippen LogP contribution in [-0.4, -0.2) is 40.9 Å². The highest BCUT2D eigenvalue weighted by Gasteiger charge is 2.27. The molecule has 1 aliphatic carbocycles. The van der Waals surface area contributed by atoms with Crippen molar-refractivity contribution in [3.05, 3.63) is 53.9 Å². The number of benzene rings is 1. The number of nitrogens with one attached hydrogen (secondary N) is 2. The first-order valence-electron chi connectivity index (χ1n) is 10.5. The summed E-state index contributed by atoms with van der Waals surface area (Å²) in [5.41, 5.74) is 8.73. The number of amides is 2. The molecular weight excluding hydrogens is 392 g/mol. The number of hydrogen-bond acceptors (Lipinski definition) is 6. The number of nitrogens with two attached hydrogens (primary N) is 1. The third kappa shape index (κ3) is 5.39. The van der Waals surface area contributed by atoms with Crippen LogP contribution in [-0.2, 0) is 4.79 Å². The lowest BCUT2D eigenvalue weighted by Crippen LogP contribution is -2.44. The highest BCUT2D eigenvalue weighted by atomic mass is 16.2. The van der Waals surface area contributed by atoms with Gasteiger partial charge < -0.3 is 21.3 Å². The molecule has 2 atom stereocenters. The molecule has 8 heteroatoms. The maximum absolute atomic E-state index is 11.9. The van der Waals surface area contributed by atoms with Gasteiger partial charge in [-0.3, -0.25) is 9.59 Å². The molecule has 164 valence electrons. The minimum atomic E-state index is -0.641. The first-order valence-corrected chi connectivity index (χ1v) is 10.5. The fraction of sp³-hybridized carbons (Fsp3) is 0.391. The molecule has 1 aliphatic rings. The van der Waals surface area contributed by atoms with Gasteiger partial charge in [0.25, 0.3) is 5.91 Å². The van der Waals surface area contributed by atoms with E-state index in [-0.39, 0.29) is 23.7 Å². The quantitative estimate of drug-likeness (QED) is 0.591. The molecule has 2 amide bonds. The standard InChI is InChI=1S/C23H30N6O2/c1-5-20(30)26-16-7-6-8-18(12-16)29(4)19-13-25-21(22(24)31)23(28-19)27-17-10-9-14(2)15(3)11-17/h5,9-11,13,16,18H,1,6-8,12H2,2-4H3,(H2,24,31)(H,26,30)(H,27,28)/t16?,18-/m1/s1. The monoisotopic (exact) mass is 422 g/mol. The Bertz CT molecular complexity index is 990. The molecule has 1 heterocycles. The Morgan fingerprint density at radius 1 is 1.26 bits per heavy atom. The van der Waals surface area contributed by atoms with Crippen molar-refractivity contribution in [3.63, 3.8) is 0 Å². The second-order valence-corrected chi connectivity index (χ2v) is 8.05. The minimum absolute atomic E-state index is 0.0927. The number of carbonyl (C=O) groups is 2. The van der Waals surface area contributed by atoms with Crippen molar-refractivity contribution in [3.8, 4) is 0 Å². The van der Waals surface area contributed by atoms with Crippen molar-refractivity contribution >= 4 is 29.1 Å². The fourth-order valence-electron chi connectivity index (χ4n) is 3.87. The number of rotatable bonds is 7. The summed E-state index contributed by atoms with van der Waals surface area (Å²) in [6.45, 7) is 7.58. The summed E-state index contributed by atoms with van der Waals surface area (Å²) >= 11 is 0. The van der Waals surface area contributed by atoms with E-state index in [0.29, 0.717) is 11.6 Å². The van der Waals surface area contributed by atoms with Crippen LogP contribution in [0.5, 0.6) is 0 Å². The Labute approximate surface area is 182 Å². The van der Waals surface area contributed by atoms with Crippen LogP contribution in [0.4, 0.5) is 17.3 Å². The van der Waals surface area contributed by atoms with E-state index in [1.54, 1.807) is 6.20 Å². The van der Waals surface area contributed by atoms with Gasteiger partial charge in [0, 0.05) is 24.8 Å². The second kappa shape index (κ2) is 9.59. The van der Waals surface area contributed by atoms with E-state index in [1.807, 2.05) is 39.1 Å². The first kappa shape index (κ1) is 22.3. The summed E-state index contributed by atoms with van der Waals surface area (Å²) < 4.78 is 0. The Morgan fingerprint density at radius 2 is 2.03 bits per heavy atom. The van der Waals surface area contributed by atoms with Crippen molar-refractivity contribution < 1.29 is 9.59 Å². The van der Waals surface area contributed by atoms with Crippen LogP contribution in [0, 0.1) is 13.8 Å². The van der Waals surface area contributed by atoms with Gasteiger partial charge in [-0.15, -0.1) is 0 Å². The molecular formula is C23H30N6O2. The third-order valence-corrected chi connectivity index (χ3v) is 5.85.